The maximum absolute atomic E-state index is 13.9. The van der Waals surface area contributed by atoms with Crippen LogP contribution in [0.3, 0.4) is 0 Å². The molecule has 1 heterocycles. The Bertz CT molecular complexity index is 1590. The molecule has 10 heteroatoms. The highest BCUT2D eigenvalue weighted by atomic mass is 79.9. The summed E-state index contributed by atoms with van der Waals surface area (Å²) in [5.41, 5.74) is 3.25. The molecule has 4 aliphatic rings. The number of anilines is 1. The van der Waals surface area contributed by atoms with Crippen LogP contribution < -0.4 is 10.4 Å². The number of halogens is 1. The van der Waals surface area contributed by atoms with Crippen molar-refractivity contribution in [2.75, 3.05) is 4.90 Å². The van der Waals surface area contributed by atoms with E-state index in [1.54, 1.807) is 37.3 Å². The van der Waals surface area contributed by atoms with Gasteiger partial charge in [-0.15, -0.1) is 0 Å². The third-order valence-electron chi connectivity index (χ3n) is 8.31. The van der Waals surface area contributed by atoms with E-state index < -0.39 is 36.7 Å². The number of ketones is 2. The standard InChI is InChI=1S/C29H23BBrNO7/c1-13-9-14(5-8-22(13)33)24-17-6-7-18-25(19(17)11-20-26(24)23(34)12-21(31)27(20)35)29(37)32(28(18)36)16-4-2-3-15(10-16)30(38)39/h2-6,8-10,12,18-19,24-25,33,38-39H,7,11H2,1H3/t18-,19+,24-,25-/m0/s1. The van der Waals surface area contributed by atoms with Crippen LogP contribution >= 0.6 is 15.9 Å². The Morgan fingerprint density at radius 1 is 1.00 bits per heavy atom. The monoisotopic (exact) mass is 587 g/mol. The van der Waals surface area contributed by atoms with E-state index >= 15 is 0 Å². The topological polar surface area (TPSA) is 132 Å². The largest absolute Gasteiger partial charge is 0.508 e. The molecular formula is C29H23BBrNO7. The first kappa shape index (κ1) is 25.7. The zero-order valence-electron chi connectivity index (χ0n) is 20.8. The molecule has 0 spiro atoms. The van der Waals surface area contributed by atoms with Gasteiger partial charge in [0, 0.05) is 23.1 Å². The molecule has 6 rings (SSSR count). The number of amides is 2. The van der Waals surface area contributed by atoms with Crippen LogP contribution in [0.2, 0.25) is 0 Å². The van der Waals surface area contributed by atoms with Gasteiger partial charge in [-0.1, -0.05) is 35.9 Å². The summed E-state index contributed by atoms with van der Waals surface area (Å²) in [6, 6.07) is 11.1. The summed E-state index contributed by atoms with van der Waals surface area (Å²) in [4.78, 5) is 55.2. The summed E-state index contributed by atoms with van der Waals surface area (Å²) < 4.78 is 0.154. The zero-order chi connectivity index (χ0) is 27.7. The molecule has 0 bridgehead atoms. The fourth-order valence-electron chi connectivity index (χ4n) is 6.52. The quantitative estimate of drug-likeness (QED) is 0.217. The average molecular weight is 588 g/mol. The van der Waals surface area contributed by atoms with Crippen LogP contribution in [0.1, 0.15) is 29.9 Å². The number of hydrogen-bond donors (Lipinski definition) is 3. The number of fused-ring (bicyclic) bond motifs is 3. The molecule has 2 aromatic rings. The van der Waals surface area contributed by atoms with Gasteiger partial charge < -0.3 is 15.2 Å². The summed E-state index contributed by atoms with van der Waals surface area (Å²) in [6.07, 6.45) is 3.64. The molecule has 0 saturated carbocycles. The van der Waals surface area contributed by atoms with Crippen molar-refractivity contribution < 1.29 is 34.3 Å². The van der Waals surface area contributed by atoms with Gasteiger partial charge in [-0.3, -0.25) is 24.1 Å². The molecule has 1 saturated heterocycles. The van der Waals surface area contributed by atoms with E-state index in [0.717, 1.165) is 16.0 Å². The lowest BCUT2D eigenvalue weighted by Crippen LogP contribution is -2.39. The minimum absolute atomic E-state index is 0.106. The molecule has 4 atom stereocenters. The number of hydrogen-bond acceptors (Lipinski definition) is 7. The van der Waals surface area contributed by atoms with Gasteiger partial charge >= 0.3 is 7.12 Å². The van der Waals surface area contributed by atoms with Gasteiger partial charge in [0.1, 0.15) is 5.75 Å². The second-order valence-corrected chi connectivity index (χ2v) is 11.3. The van der Waals surface area contributed by atoms with E-state index in [2.05, 4.69) is 15.9 Å². The van der Waals surface area contributed by atoms with Gasteiger partial charge in [-0.05, 0) is 76.4 Å². The van der Waals surface area contributed by atoms with Crippen molar-refractivity contribution in [3.63, 3.8) is 0 Å². The van der Waals surface area contributed by atoms with Gasteiger partial charge in [0.2, 0.25) is 11.8 Å². The zero-order valence-corrected chi connectivity index (χ0v) is 22.4. The smallest absolute Gasteiger partial charge is 0.488 e. The molecule has 2 amide bonds. The number of carbonyl (C=O) groups is 4. The number of phenols is 1. The van der Waals surface area contributed by atoms with Crippen LogP contribution in [0.5, 0.6) is 5.75 Å². The summed E-state index contributed by atoms with van der Waals surface area (Å²) >= 11 is 3.22. The number of aryl methyl sites for hydroxylation is 1. The van der Waals surface area contributed by atoms with E-state index in [-0.39, 0.29) is 51.7 Å². The van der Waals surface area contributed by atoms with Gasteiger partial charge in [0.25, 0.3) is 0 Å². The van der Waals surface area contributed by atoms with Crippen LogP contribution in [0.15, 0.2) is 75.8 Å². The minimum Gasteiger partial charge on any atom is -0.508 e. The molecule has 1 fully saturated rings. The summed E-state index contributed by atoms with van der Waals surface area (Å²) in [5, 5.41) is 29.3. The Labute approximate surface area is 232 Å². The van der Waals surface area contributed by atoms with Crippen LogP contribution in [-0.4, -0.2) is 45.7 Å². The van der Waals surface area contributed by atoms with E-state index in [0.29, 0.717) is 16.7 Å². The summed E-state index contributed by atoms with van der Waals surface area (Å²) in [7, 11) is -1.76. The molecule has 0 aromatic heterocycles. The second-order valence-electron chi connectivity index (χ2n) is 10.4. The lowest BCUT2D eigenvalue weighted by Gasteiger charge is -2.42. The lowest BCUT2D eigenvalue weighted by atomic mass is 9.59. The number of nitrogens with zero attached hydrogens (tertiary/aromatic N) is 1. The third kappa shape index (κ3) is 3.89. The maximum atomic E-state index is 13.9. The van der Waals surface area contributed by atoms with Gasteiger partial charge in [-0.25, -0.2) is 0 Å². The summed E-state index contributed by atoms with van der Waals surface area (Å²) in [5.74, 6) is -3.79. The number of carbonyl (C=O) groups excluding carboxylic acids is 4. The van der Waals surface area contributed by atoms with Crippen molar-refractivity contribution in [2.24, 2.45) is 17.8 Å². The highest BCUT2D eigenvalue weighted by Crippen LogP contribution is 2.55. The van der Waals surface area contributed by atoms with Gasteiger partial charge in [0.05, 0.1) is 22.0 Å². The first-order chi connectivity index (χ1) is 18.6. The van der Waals surface area contributed by atoms with Gasteiger partial charge in [-0.2, -0.15) is 0 Å². The molecule has 196 valence electrons. The predicted octanol–water partition coefficient (Wildman–Crippen LogP) is 2.35. The molecule has 0 unspecified atom stereocenters. The number of imide groups is 1. The molecule has 1 aliphatic heterocycles. The molecule has 2 aromatic carbocycles. The minimum atomic E-state index is -1.76. The number of Topliss-reactive ketones (excluding diaryl/α,β-unsaturated/α-hetero) is 1. The molecular weight excluding hydrogens is 565 g/mol. The fraction of sp³-hybridized carbons (Fsp3) is 0.241. The Morgan fingerprint density at radius 3 is 2.49 bits per heavy atom. The van der Waals surface area contributed by atoms with Crippen LogP contribution in [0.25, 0.3) is 0 Å². The van der Waals surface area contributed by atoms with Crippen molar-refractivity contribution >= 4 is 57.6 Å². The molecule has 0 radical (unpaired) electrons. The highest BCUT2D eigenvalue weighted by Gasteiger charge is 2.56. The van der Waals surface area contributed by atoms with E-state index in [1.807, 2.05) is 6.08 Å². The maximum Gasteiger partial charge on any atom is 0.488 e. The van der Waals surface area contributed by atoms with Crippen molar-refractivity contribution in [3.05, 3.63) is 86.9 Å². The third-order valence-corrected chi connectivity index (χ3v) is 8.90. The normalized spacial score (nSPS) is 26.2. The van der Waals surface area contributed by atoms with E-state index in [9.17, 15) is 34.3 Å². The number of benzene rings is 2. The number of aromatic hydroxyl groups is 1. The molecule has 3 N–H and O–H groups in total. The highest BCUT2D eigenvalue weighted by molar-refractivity contribution is 9.12. The number of allylic oxidation sites excluding steroid dienone is 6. The average Bonchev–Trinajstić information content (AvgIpc) is 3.17. The van der Waals surface area contributed by atoms with E-state index in [4.69, 9.17) is 0 Å². The van der Waals surface area contributed by atoms with Crippen molar-refractivity contribution in [1.29, 1.82) is 0 Å². The molecule has 39 heavy (non-hydrogen) atoms. The van der Waals surface area contributed by atoms with Gasteiger partial charge in [0.15, 0.2) is 11.6 Å². The van der Waals surface area contributed by atoms with E-state index in [1.165, 1.54) is 18.2 Å². The Kier molecular flexibility index (Phi) is 6.09. The van der Waals surface area contributed by atoms with Crippen LogP contribution in [0.4, 0.5) is 5.69 Å². The fourth-order valence-corrected chi connectivity index (χ4v) is 6.97. The Hall–Kier alpha value is -3.60. The Balaban J connectivity index is 1.47. The first-order valence-electron chi connectivity index (χ1n) is 12.6. The van der Waals surface area contributed by atoms with Crippen molar-refractivity contribution in [3.8, 4) is 5.75 Å². The second kappa shape index (κ2) is 9.26. The number of phenolic OH excluding ortho intramolecular Hbond substituents is 1. The van der Waals surface area contributed by atoms with Crippen LogP contribution in [0, 0.1) is 24.7 Å². The van der Waals surface area contributed by atoms with Crippen LogP contribution in [-0.2, 0) is 19.2 Å². The predicted molar refractivity (Wildman–Crippen MR) is 146 cm³/mol. The molecule has 8 nitrogen and oxygen atoms in total. The van der Waals surface area contributed by atoms with Crippen molar-refractivity contribution in [2.45, 2.75) is 25.7 Å². The molecule has 3 aliphatic carbocycles. The summed E-state index contributed by atoms with van der Waals surface area (Å²) in [6.45, 7) is 1.75. The SMILES string of the molecule is Cc1cc([C@H]2C3=CC[C@@H]4C(=O)N(c5cccc(B(O)O)c5)C(=O)[C@@H]4[C@@H]3CC3=C2C(=O)C=C(Br)C3=O)ccc1O. The first-order valence-corrected chi connectivity index (χ1v) is 13.4. The van der Waals surface area contributed by atoms with Crippen molar-refractivity contribution in [1.82, 2.24) is 0 Å². The lowest BCUT2D eigenvalue weighted by molar-refractivity contribution is -0.123. The Morgan fingerprint density at radius 2 is 1.77 bits per heavy atom. The number of rotatable bonds is 3.